The Morgan fingerprint density at radius 3 is 2.61 bits per heavy atom. The van der Waals surface area contributed by atoms with E-state index in [0.717, 1.165) is 16.3 Å². The van der Waals surface area contributed by atoms with E-state index >= 15 is 0 Å². The highest BCUT2D eigenvalue weighted by Gasteiger charge is 2.29. The standard InChI is InChI=1S/C15H22N4OS.2ClH/c1-9(2)15(4,8-16)19-14(20)12-5-11(6-17-12)13-7-21-10(3)18-13;;/h5-7,9,17H,8,16H2,1-4H3,(H,19,20);2*1H. The van der Waals surface area contributed by atoms with E-state index in [2.05, 4.69) is 15.3 Å². The van der Waals surface area contributed by atoms with E-state index < -0.39 is 5.54 Å². The molecule has 23 heavy (non-hydrogen) atoms. The number of rotatable bonds is 5. The molecular formula is C15H24Cl2N4OS. The molecule has 2 aromatic rings. The minimum absolute atomic E-state index is 0. The molecule has 0 aromatic carbocycles. The molecule has 0 bridgehead atoms. The van der Waals surface area contributed by atoms with Gasteiger partial charge in [0.25, 0.3) is 5.91 Å². The fourth-order valence-electron chi connectivity index (χ4n) is 1.93. The van der Waals surface area contributed by atoms with E-state index in [1.54, 1.807) is 17.5 Å². The highest BCUT2D eigenvalue weighted by atomic mass is 35.5. The molecule has 0 aliphatic heterocycles. The van der Waals surface area contributed by atoms with Crippen LogP contribution in [0.5, 0.6) is 0 Å². The Labute approximate surface area is 153 Å². The molecule has 0 fully saturated rings. The van der Waals surface area contributed by atoms with Crippen molar-refractivity contribution in [1.82, 2.24) is 15.3 Å². The minimum atomic E-state index is -0.417. The number of aryl methyl sites for hydroxylation is 1. The number of H-pyrrole nitrogens is 1. The Kier molecular flexibility index (Phi) is 8.28. The van der Waals surface area contributed by atoms with Crippen LogP contribution in [0.4, 0.5) is 0 Å². The van der Waals surface area contributed by atoms with Crippen LogP contribution in [-0.4, -0.2) is 28.0 Å². The van der Waals surface area contributed by atoms with Gasteiger partial charge in [0.05, 0.1) is 16.2 Å². The first-order chi connectivity index (χ1) is 9.85. The van der Waals surface area contributed by atoms with Crippen LogP contribution in [0.3, 0.4) is 0 Å². The predicted octanol–water partition coefficient (Wildman–Crippen LogP) is 3.39. The monoisotopic (exact) mass is 378 g/mol. The zero-order valence-electron chi connectivity index (χ0n) is 13.7. The molecule has 0 aliphatic rings. The molecule has 0 radical (unpaired) electrons. The van der Waals surface area contributed by atoms with Crippen LogP contribution in [0.1, 0.15) is 36.3 Å². The third kappa shape index (κ3) is 4.94. The number of nitrogens with one attached hydrogen (secondary N) is 2. The maximum atomic E-state index is 12.4. The summed E-state index contributed by atoms with van der Waals surface area (Å²) in [5.41, 5.74) is 7.71. The number of nitrogens with two attached hydrogens (primary N) is 1. The van der Waals surface area contributed by atoms with Crippen molar-refractivity contribution in [2.24, 2.45) is 11.7 Å². The highest BCUT2D eigenvalue weighted by molar-refractivity contribution is 7.09. The van der Waals surface area contributed by atoms with E-state index in [1.807, 2.05) is 39.1 Å². The lowest BCUT2D eigenvalue weighted by Crippen LogP contribution is -2.55. The number of hydrogen-bond acceptors (Lipinski definition) is 4. The van der Waals surface area contributed by atoms with Crippen LogP contribution >= 0.6 is 36.2 Å². The van der Waals surface area contributed by atoms with Gasteiger partial charge in [0.1, 0.15) is 5.69 Å². The van der Waals surface area contributed by atoms with Crippen molar-refractivity contribution in [3.05, 3.63) is 28.3 Å². The molecule has 1 unspecified atom stereocenters. The second-order valence-electron chi connectivity index (χ2n) is 5.78. The van der Waals surface area contributed by atoms with Crippen molar-refractivity contribution in [2.75, 3.05) is 6.54 Å². The number of aromatic nitrogens is 2. The average molecular weight is 379 g/mol. The van der Waals surface area contributed by atoms with Crippen LogP contribution in [0, 0.1) is 12.8 Å². The molecule has 130 valence electrons. The first-order valence-electron chi connectivity index (χ1n) is 6.99. The summed E-state index contributed by atoms with van der Waals surface area (Å²) in [6, 6.07) is 1.82. The smallest absolute Gasteiger partial charge is 0.268 e. The molecule has 0 saturated heterocycles. The molecule has 0 spiro atoms. The highest BCUT2D eigenvalue weighted by Crippen LogP contribution is 2.23. The van der Waals surface area contributed by atoms with Gasteiger partial charge in [-0.05, 0) is 25.8 Å². The van der Waals surface area contributed by atoms with E-state index in [0.29, 0.717) is 12.2 Å². The van der Waals surface area contributed by atoms with Crippen LogP contribution in [0.2, 0.25) is 0 Å². The minimum Gasteiger partial charge on any atom is -0.357 e. The lowest BCUT2D eigenvalue weighted by Gasteiger charge is -2.33. The second kappa shape index (κ2) is 8.68. The van der Waals surface area contributed by atoms with Gasteiger partial charge in [-0.15, -0.1) is 36.2 Å². The molecule has 8 heteroatoms. The van der Waals surface area contributed by atoms with E-state index in [9.17, 15) is 4.79 Å². The summed E-state index contributed by atoms with van der Waals surface area (Å²) < 4.78 is 0. The Balaban J connectivity index is 0.00000242. The van der Waals surface area contributed by atoms with Crippen molar-refractivity contribution in [3.63, 3.8) is 0 Å². The quantitative estimate of drug-likeness (QED) is 0.745. The Morgan fingerprint density at radius 2 is 2.13 bits per heavy atom. The number of amides is 1. The second-order valence-corrected chi connectivity index (χ2v) is 6.85. The summed E-state index contributed by atoms with van der Waals surface area (Å²) >= 11 is 1.59. The summed E-state index contributed by atoms with van der Waals surface area (Å²) in [6.07, 6.45) is 1.80. The number of hydrogen-bond donors (Lipinski definition) is 3. The van der Waals surface area contributed by atoms with E-state index in [4.69, 9.17) is 5.73 Å². The molecule has 2 aromatic heterocycles. The van der Waals surface area contributed by atoms with Crippen molar-refractivity contribution < 1.29 is 4.79 Å². The number of carbonyl (C=O) groups is 1. The van der Waals surface area contributed by atoms with Gasteiger partial charge in [-0.1, -0.05) is 13.8 Å². The summed E-state index contributed by atoms with van der Waals surface area (Å²) in [4.78, 5) is 19.8. The summed E-state index contributed by atoms with van der Waals surface area (Å²) in [7, 11) is 0. The zero-order valence-corrected chi connectivity index (χ0v) is 16.1. The molecule has 0 aliphatic carbocycles. The normalized spacial score (nSPS) is 13.0. The number of thiazole rings is 1. The lowest BCUT2D eigenvalue weighted by molar-refractivity contribution is 0.0878. The first-order valence-corrected chi connectivity index (χ1v) is 7.87. The Morgan fingerprint density at radius 1 is 1.48 bits per heavy atom. The van der Waals surface area contributed by atoms with Crippen molar-refractivity contribution >= 4 is 42.1 Å². The van der Waals surface area contributed by atoms with Gasteiger partial charge in [-0.25, -0.2) is 4.98 Å². The van der Waals surface area contributed by atoms with E-state index in [1.165, 1.54) is 0 Å². The topological polar surface area (TPSA) is 83.8 Å². The fraction of sp³-hybridized carbons (Fsp3) is 0.467. The summed E-state index contributed by atoms with van der Waals surface area (Å²) in [5, 5.41) is 6.01. The lowest BCUT2D eigenvalue weighted by atomic mass is 9.88. The van der Waals surface area contributed by atoms with Crippen molar-refractivity contribution in [3.8, 4) is 11.3 Å². The van der Waals surface area contributed by atoms with Crippen LogP contribution in [0.15, 0.2) is 17.6 Å². The number of halogens is 2. The first kappa shape index (κ1) is 21.9. The Hall–Kier alpha value is -1.08. The molecule has 1 atom stereocenters. The number of carbonyl (C=O) groups excluding carboxylic acids is 1. The van der Waals surface area contributed by atoms with Gasteiger partial charge in [0.2, 0.25) is 0 Å². The van der Waals surface area contributed by atoms with Gasteiger partial charge >= 0.3 is 0 Å². The van der Waals surface area contributed by atoms with Crippen molar-refractivity contribution in [2.45, 2.75) is 33.2 Å². The zero-order chi connectivity index (χ0) is 15.6. The molecule has 2 rings (SSSR count). The number of nitrogens with zero attached hydrogens (tertiary/aromatic N) is 1. The van der Waals surface area contributed by atoms with Crippen molar-refractivity contribution in [1.29, 1.82) is 0 Å². The average Bonchev–Trinajstić information content (AvgIpc) is 3.06. The van der Waals surface area contributed by atoms with Crippen LogP contribution in [-0.2, 0) is 0 Å². The van der Waals surface area contributed by atoms with Gasteiger partial charge < -0.3 is 16.0 Å². The van der Waals surface area contributed by atoms with Crippen LogP contribution < -0.4 is 11.1 Å². The molecule has 2 heterocycles. The summed E-state index contributed by atoms with van der Waals surface area (Å²) in [5.74, 6) is 0.108. The van der Waals surface area contributed by atoms with Gasteiger partial charge in [-0.2, -0.15) is 0 Å². The SMILES string of the molecule is Cc1nc(-c2c[nH]c(C(=O)NC(C)(CN)C(C)C)c2)cs1.Cl.Cl. The molecule has 1 amide bonds. The van der Waals surface area contributed by atoms with Crippen LogP contribution in [0.25, 0.3) is 11.3 Å². The molecule has 5 nitrogen and oxygen atoms in total. The largest absolute Gasteiger partial charge is 0.357 e. The Bertz CT molecular complexity index is 641. The molecule has 4 N–H and O–H groups in total. The summed E-state index contributed by atoms with van der Waals surface area (Å²) in [6.45, 7) is 8.42. The number of aromatic amines is 1. The predicted molar refractivity (Wildman–Crippen MR) is 101 cm³/mol. The van der Waals surface area contributed by atoms with Gasteiger partial charge in [-0.3, -0.25) is 4.79 Å². The third-order valence-electron chi connectivity index (χ3n) is 3.94. The molecular weight excluding hydrogens is 355 g/mol. The fourth-order valence-corrected chi connectivity index (χ4v) is 2.55. The van der Waals surface area contributed by atoms with Gasteiger partial charge in [0, 0.05) is 23.7 Å². The van der Waals surface area contributed by atoms with Gasteiger partial charge in [0.15, 0.2) is 0 Å². The maximum Gasteiger partial charge on any atom is 0.268 e. The molecule has 0 saturated carbocycles. The maximum absolute atomic E-state index is 12.4. The third-order valence-corrected chi connectivity index (χ3v) is 4.71. The van der Waals surface area contributed by atoms with E-state index in [-0.39, 0.29) is 36.6 Å².